The molecule has 3 N–H and O–H groups in total. The van der Waals surface area contributed by atoms with Gasteiger partial charge in [0.05, 0.1) is 12.6 Å². The Kier molecular flexibility index (Phi) is 7.05. The molecule has 1 amide bonds. The first-order valence-electron chi connectivity index (χ1n) is 6.86. The molecular formula is C14H25N3OS. The van der Waals surface area contributed by atoms with Gasteiger partial charge in [-0.25, -0.2) is 0 Å². The lowest BCUT2D eigenvalue weighted by Gasteiger charge is -2.34. The van der Waals surface area contributed by atoms with Crippen LogP contribution >= 0.6 is 11.3 Å². The Balaban J connectivity index is 2.93. The molecule has 0 fully saturated rings. The van der Waals surface area contributed by atoms with Crippen LogP contribution in [0.4, 0.5) is 0 Å². The second-order valence-corrected chi connectivity index (χ2v) is 5.50. The maximum atomic E-state index is 11.7. The standard InChI is InChI=1S/C14H25N3OS/c1-4-7-17(9-13(18)16-3)14(12(15)5-2)11-6-8-19-10-11/h6,8,10,12,14H,4-5,7,9,15H2,1-3H3,(H,16,18). The molecule has 5 heteroatoms. The molecule has 108 valence electrons. The Morgan fingerprint density at radius 3 is 2.74 bits per heavy atom. The summed E-state index contributed by atoms with van der Waals surface area (Å²) in [6.45, 7) is 5.49. The SMILES string of the molecule is CCCN(CC(=O)NC)C(c1ccsc1)C(N)CC. The molecule has 0 aliphatic heterocycles. The van der Waals surface area contributed by atoms with Gasteiger partial charge in [0.2, 0.25) is 5.91 Å². The van der Waals surface area contributed by atoms with Crippen LogP contribution in [-0.4, -0.2) is 37.0 Å². The number of likely N-dealkylation sites (N-methyl/N-ethyl adjacent to an activating group) is 1. The molecule has 1 aromatic rings. The van der Waals surface area contributed by atoms with Crippen LogP contribution in [0.15, 0.2) is 16.8 Å². The van der Waals surface area contributed by atoms with Gasteiger partial charge in [-0.2, -0.15) is 11.3 Å². The summed E-state index contributed by atoms with van der Waals surface area (Å²) in [7, 11) is 1.67. The fourth-order valence-corrected chi connectivity index (χ4v) is 2.95. The molecule has 4 nitrogen and oxygen atoms in total. The molecule has 0 saturated carbocycles. The lowest BCUT2D eigenvalue weighted by atomic mass is 9.98. The van der Waals surface area contributed by atoms with Crippen LogP contribution in [-0.2, 0) is 4.79 Å². The third-order valence-electron chi connectivity index (χ3n) is 3.29. The number of carbonyl (C=O) groups is 1. The van der Waals surface area contributed by atoms with Gasteiger partial charge >= 0.3 is 0 Å². The fraction of sp³-hybridized carbons (Fsp3) is 0.643. The van der Waals surface area contributed by atoms with Crippen molar-refractivity contribution >= 4 is 17.2 Å². The maximum absolute atomic E-state index is 11.7. The molecule has 0 aromatic carbocycles. The molecule has 19 heavy (non-hydrogen) atoms. The highest BCUT2D eigenvalue weighted by Crippen LogP contribution is 2.27. The van der Waals surface area contributed by atoms with E-state index in [4.69, 9.17) is 5.73 Å². The molecule has 0 aliphatic carbocycles. The predicted molar refractivity (Wildman–Crippen MR) is 81.3 cm³/mol. The van der Waals surface area contributed by atoms with E-state index < -0.39 is 0 Å². The van der Waals surface area contributed by atoms with E-state index in [2.05, 4.69) is 40.9 Å². The number of nitrogens with zero attached hydrogens (tertiary/aromatic N) is 1. The van der Waals surface area contributed by atoms with Gasteiger partial charge in [-0.3, -0.25) is 9.69 Å². The van der Waals surface area contributed by atoms with Crippen molar-refractivity contribution in [3.63, 3.8) is 0 Å². The Labute approximate surface area is 120 Å². The van der Waals surface area contributed by atoms with Crippen molar-refractivity contribution in [2.75, 3.05) is 20.1 Å². The molecule has 0 radical (unpaired) electrons. The minimum Gasteiger partial charge on any atom is -0.358 e. The van der Waals surface area contributed by atoms with Crippen LogP contribution in [0.3, 0.4) is 0 Å². The zero-order chi connectivity index (χ0) is 14.3. The van der Waals surface area contributed by atoms with Crippen LogP contribution in [0.2, 0.25) is 0 Å². The van der Waals surface area contributed by atoms with Gasteiger partial charge in [-0.15, -0.1) is 0 Å². The number of hydrogen-bond donors (Lipinski definition) is 2. The highest BCUT2D eigenvalue weighted by Gasteiger charge is 2.26. The molecule has 1 heterocycles. The van der Waals surface area contributed by atoms with Gasteiger partial charge in [-0.05, 0) is 41.8 Å². The van der Waals surface area contributed by atoms with Gasteiger partial charge in [0, 0.05) is 13.1 Å². The molecule has 2 atom stereocenters. The molecular weight excluding hydrogens is 258 g/mol. The zero-order valence-corrected chi connectivity index (χ0v) is 12.9. The van der Waals surface area contributed by atoms with Crippen molar-refractivity contribution in [3.05, 3.63) is 22.4 Å². The third kappa shape index (κ3) is 4.60. The van der Waals surface area contributed by atoms with Crippen molar-refractivity contribution in [2.24, 2.45) is 5.73 Å². The van der Waals surface area contributed by atoms with Crippen LogP contribution in [0.1, 0.15) is 38.3 Å². The van der Waals surface area contributed by atoms with Crippen molar-refractivity contribution in [3.8, 4) is 0 Å². The number of hydrogen-bond acceptors (Lipinski definition) is 4. The van der Waals surface area contributed by atoms with Gasteiger partial charge in [0.15, 0.2) is 0 Å². The molecule has 0 bridgehead atoms. The molecule has 1 aromatic heterocycles. The van der Waals surface area contributed by atoms with Crippen LogP contribution in [0.5, 0.6) is 0 Å². The molecule has 1 rings (SSSR count). The number of nitrogens with two attached hydrogens (primary N) is 1. The number of thiophene rings is 1. The Morgan fingerprint density at radius 2 is 2.26 bits per heavy atom. The summed E-state index contributed by atoms with van der Waals surface area (Å²) in [6.07, 6.45) is 1.91. The highest BCUT2D eigenvalue weighted by atomic mass is 32.1. The van der Waals surface area contributed by atoms with Crippen LogP contribution in [0, 0.1) is 0 Å². The van der Waals surface area contributed by atoms with E-state index in [1.54, 1.807) is 18.4 Å². The first kappa shape index (κ1) is 16.1. The second kappa shape index (κ2) is 8.30. The van der Waals surface area contributed by atoms with E-state index in [1.165, 1.54) is 5.56 Å². The van der Waals surface area contributed by atoms with Gasteiger partial charge in [-0.1, -0.05) is 13.8 Å². The minimum atomic E-state index is 0.0389. The molecule has 0 saturated heterocycles. The lowest BCUT2D eigenvalue weighted by Crippen LogP contribution is -2.45. The number of nitrogens with one attached hydrogen (secondary N) is 1. The van der Waals surface area contributed by atoms with Gasteiger partial charge < -0.3 is 11.1 Å². The summed E-state index contributed by atoms with van der Waals surface area (Å²) in [5.74, 6) is 0.0389. The van der Waals surface area contributed by atoms with E-state index >= 15 is 0 Å². The summed E-state index contributed by atoms with van der Waals surface area (Å²) in [6, 6.07) is 2.27. The third-order valence-corrected chi connectivity index (χ3v) is 3.99. The summed E-state index contributed by atoms with van der Waals surface area (Å²) in [4.78, 5) is 13.9. The van der Waals surface area contributed by atoms with E-state index in [9.17, 15) is 4.79 Å². The van der Waals surface area contributed by atoms with Crippen molar-refractivity contribution in [1.29, 1.82) is 0 Å². The monoisotopic (exact) mass is 283 g/mol. The molecule has 0 aliphatic rings. The normalized spacial score (nSPS) is 14.4. The van der Waals surface area contributed by atoms with E-state index in [1.807, 2.05) is 0 Å². The van der Waals surface area contributed by atoms with E-state index in [0.29, 0.717) is 6.54 Å². The lowest BCUT2D eigenvalue weighted by molar-refractivity contribution is -0.122. The topological polar surface area (TPSA) is 58.4 Å². The average Bonchev–Trinajstić information content (AvgIpc) is 2.92. The van der Waals surface area contributed by atoms with Gasteiger partial charge in [0.25, 0.3) is 0 Å². The smallest absolute Gasteiger partial charge is 0.233 e. The van der Waals surface area contributed by atoms with Crippen LogP contribution < -0.4 is 11.1 Å². The minimum absolute atomic E-state index is 0.0389. The Bertz CT molecular complexity index is 367. The molecule has 0 spiro atoms. The highest BCUT2D eigenvalue weighted by molar-refractivity contribution is 7.07. The van der Waals surface area contributed by atoms with Crippen LogP contribution in [0.25, 0.3) is 0 Å². The second-order valence-electron chi connectivity index (χ2n) is 4.72. The van der Waals surface area contributed by atoms with Crippen molar-refractivity contribution in [2.45, 2.75) is 38.8 Å². The first-order valence-corrected chi connectivity index (χ1v) is 7.80. The van der Waals surface area contributed by atoms with Gasteiger partial charge in [0.1, 0.15) is 0 Å². The quantitative estimate of drug-likeness (QED) is 0.767. The summed E-state index contributed by atoms with van der Waals surface area (Å²) < 4.78 is 0. The molecule has 2 unspecified atom stereocenters. The van der Waals surface area contributed by atoms with E-state index in [0.717, 1.165) is 19.4 Å². The maximum Gasteiger partial charge on any atom is 0.233 e. The largest absolute Gasteiger partial charge is 0.358 e. The number of carbonyl (C=O) groups excluding carboxylic acids is 1. The summed E-state index contributed by atoms with van der Waals surface area (Å²) in [5.41, 5.74) is 7.51. The zero-order valence-electron chi connectivity index (χ0n) is 12.1. The van der Waals surface area contributed by atoms with Crippen molar-refractivity contribution in [1.82, 2.24) is 10.2 Å². The summed E-state index contributed by atoms with van der Waals surface area (Å²) >= 11 is 1.67. The average molecular weight is 283 g/mol. The van der Waals surface area contributed by atoms with Crippen molar-refractivity contribution < 1.29 is 4.79 Å². The fourth-order valence-electron chi connectivity index (χ4n) is 2.26. The number of amides is 1. The first-order chi connectivity index (χ1) is 9.13. The number of rotatable bonds is 8. The summed E-state index contributed by atoms with van der Waals surface area (Å²) in [5, 5.41) is 6.89. The van der Waals surface area contributed by atoms with E-state index in [-0.39, 0.29) is 18.0 Å². The Hall–Kier alpha value is -0.910. The predicted octanol–water partition coefficient (Wildman–Crippen LogP) is 1.98. The Morgan fingerprint density at radius 1 is 1.53 bits per heavy atom.